The van der Waals surface area contributed by atoms with Gasteiger partial charge in [-0.3, -0.25) is 0 Å². The number of ether oxygens (including phenoxy) is 1. The van der Waals surface area contributed by atoms with Crippen LogP contribution in [0.25, 0.3) is 37.5 Å². The van der Waals surface area contributed by atoms with Crippen LogP contribution in [0.5, 0.6) is 5.75 Å². The van der Waals surface area contributed by atoms with Crippen molar-refractivity contribution in [1.82, 2.24) is 0 Å². The average molecular weight is 744 g/mol. The normalized spacial score (nSPS) is 14.7. The summed E-state index contributed by atoms with van der Waals surface area (Å²) in [5, 5.41) is 4.68. The predicted molar refractivity (Wildman–Crippen MR) is 192 cm³/mol. The summed E-state index contributed by atoms with van der Waals surface area (Å²) >= 11 is 9.66. The van der Waals surface area contributed by atoms with Crippen molar-refractivity contribution in [3.63, 3.8) is 0 Å². The smallest absolute Gasteiger partial charge is 0.263 e. The number of anilines is 1. The van der Waals surface area contributed by atoms with Gasteiger partial charge in [0.25, 0.3) is 5.01 Å². The van der Waals surface area contributed by atoms with E-state index in [9.17, 15) is 25.9 Å². The number of benzene rings is 3. The van der Waals surface area contributed by atoms with E-state index in [0.29, 0.717) is 29.6 Å². The molecule has 3 aromatic carbocycles. The third-order valence-electron chi connectivity index (χ3n) is 8.11. The SMILES string of the molecule is CCC(/C=C1\Oc2ccc(-c3csc4ccccc34)cc2N1CCCS(=O)(=O)[O-])=C\c1sc2cc(C)c(Cl)cc2[n+]1CCCS(=O)(=O)[O-]. The Hall–Kier alpha value is -3.30. The Kier molecular flexibility index (Phi) is 10.0. The highest BCUT2D eigenvalue weighted by atomic mass is 35.5. The van der Waals surface area contributed by atoms with Crippen LogP contribution < -0.4 is 14.2 Å². The summed E-state index contributed by atoms with van der Waals surface area (Å²) in [6.45, 7) is 4.47. The molecular formula is C34H32ClN2O7S4-. The van der Waals surface area contributed by atoms with E-state index in [1.165, 1.54) is 16.0 Å². The van der Waals surface area contributed by atoms with Gasteiger partial charge in [0.15, 0.2) is 12.3 Å². The molecule has 252 valence electrons. The molecule has 0 spiro atoms. The highest BCUT2D eigenvalue weighted by Crippen LogP contribution is 2.44. The topological polar surface area (TPSA) is 131 Å². The van der Waals surface area contributed by atoms with Crippen LogP contribution in [0.2, 0.25) is 5.02 Å². The van der Waals surface area contributed by atoms with Crippen LogP contribution in [-0.2, 0) is 26.8 Å². The van der Waals surface area contributed by atoms with Crippen molar-refractivity contribution < 1.29 is 35.2 Å². The molecule has 0 fully saturated rings. The van der Waals surface area contributed by atoms with Crippen LogP contribution in [0.15, 0.2) is 77.5 Å². The van der Waals surface area contributed by atoms with Crippen molar-refractivity contribution >= 4 is 86.6 Å². The van der Waals surface area contributed by atoms with Crippen molar-refractivity contribution in [2.75, 3.05) is 23.0 Å². The Morgan fingerprint density at radius 3 is 2.50 bits per heavy atom. The van der Waals surface area contributed by atoms with Gasteiger partial charge in [-0.15, -0.1) is 11.3 Å². The summed E-state index contributed by atoms with van der Waals surface area (Å²) in [6, 6.07) is 18.0. The Bertz CT molecular complexity index is 2310. The lowest BCUT2D eigenvalue weighted by molar-refractivity contribution is -0.668. The summed E-state index contributed by atoms with van der Waals surface area (Å²) in [4.78, 5) is 1.91. The van der Waals surface area contributed by atoms with E-state index in [2.05, 4.69) is 17.5 Å². The quantitative estimate of drug-likeness (QED) is 0.0953. The number of hydrogen-bond acceptors (Lipinski definition) is 10. The minimum absolute atomic E-state index is 0.113. The maximum Gasteiger partial charge on any atom is 0.263 e. The van der Waals surface area contributed by atoms with Gasteiger partial charge in [0, 0.05) is 58.3 Å². The molecule has 0 bridgehead atoms. The first-order chi connectivity index (χ1) is 22.8. The van der Waals surface area contributed by atoms with Crippen LogP contribution in [-0.4, -0.2) is 44.0 Å². The third kappa shape index (κ3) is 7.78. The predicted octanol–water partition coefficient (Wildman–Crippen LogP) is 7.44. The summed E-state index contributed by atoms with van der Waals surface area (Å²) in [6.07, 6.45) is 4.78. The monoisotopic (exact) mass is 743 g/mol. The highest BCUT2D eigenvalue weighted by Gasteiger charge is 2.28. The molecule has 6 rings (SSSR count). The van der Waals surface area contributed by atoms with Crippen LogP contribution in [0.4, 0.5) is 5.69 Å². The molecule has 0 atom stereocenters. The zero-order valence-corrected chi connectivity index (χ0v) is 30.2. The first-order valence-corrected chi connectivity index (χ1v) is 20.5. The highest BCUT2D eigenvalue weighted by molar-refractivity contribution is 7.85. The number of thiophene rings is 1. The molecule has 0 saturated carbocycles. The van der Waals surface area contributed by atoms with Crippen molar-refractivity contribution in [2.45, 2.75) is 39.7 Å². The van der Waals surface area contributed by atoms with Crippen LogP contribution in [0.1, 0.15) is 36.8 Å². The first-order valence-electron chi connectivity index (χ1n) is 15.3. The lowest BCUT2D eigenvalue weighted by atomic mass is 10.0. The second-order valence-corrected chi connectivity index (χ2v) is 17.0. The fourth-order valence-corrected chi connectivity index (χ4v) is 9.07. The molecule has 1 aliphatic rings. The Labute approximate surface area is 292 Å². The molecule has 1 aliphatic heterocycles. The fourth-order valence-electron chi connectivity index (χ4n) is 5.73. The molecule has 14 heteroatoms. The Balaban J connectivity index is 1.39. The van der Waals surface area contributed by atoms with Crippen LogP contribution in [0, 0.1) is 6.92 Å². The fraction of sp³-hybridized carbons (Fsp3) is 0.265. The number of allylic oxidation sites excluding steroid dienone is 2. The number of thiazole rings is 1. The molecule has 5 aromatic rings. The van der Waals surface area contributed by atoms with Gasteiger partial charge in [-0.1, -0.05) is 54.1 Å². The van der Waals surface area contributed by atoms with E-state index in [4.69, 9.17) is 16.3 Å². The number of aromatic nitrogens is 1. The molecule has 0 N–H and O–H groups in total. The Morgan fingerprint density at radius 1 is 1.00 bits per heavy atom. The van der Waals surface area contributed by atoms with E-state index in [-0.39, 0.29) is 19.4 Å². The van der Waals surface area contributed by atoms with Crippen LogP contribution in [0.3, 0.4) is 0 Å². The van der Waals surface area contributed by atoms with Gasteiger partial charge in [-0.05, 0) is 66.1 Å². The maximum absolute atomic E-state index is 11.5. The second-order valence-electron chi connectivity index (χ2n) is 11.5. The average Bonchev–Trinajstić information content (AvgIpc) is 3.69. The zero-order valence-electron chi connectivity index (χ0n) is 26.1. The number of halogens is 1. The van der Waals surface area contributed by atoms with Crippen molar-refractivity contribution in [3.05, 3.63) is 93.1 Å². The van der Waals surface area contributed by atoms with Crippen molar-refractivity contribution in [2.24, 2.45) is 0 Å². The van der Waals surface area contributed by atoms with E-state index in [1.54, 1.807) is 11.3 Å². The number of nitrogens with zero attached hydrogens (tertiary/aromatic N) is 2. The van der Waals surface area contributed by atoms with Gasteiger partial charge in [0.1, 0.15) is 4.70 Å². The van der Waals surface area contributed by atoms with E-state index in [1.807, 2.05) is 77.9 Å². The van der Waals surface area contributed by atoms with Crippen LogP contribution >= 0.6 is 34.3 Å². The molecular weight excluding hydrogens is 712 g/mol. The largest absolute Gasteiger partial charge is 0.748 e. The van der Waals surface area contributed by atoms with Gasteiger partial charge >= 0.3 is 0 Å². The summed E-state index contributed by atoms with van der Waals surface area (Å²) < 4.78 is 79.0. The summed E-state index contributed by atoms with van der Waals surface area (Å²) in [5.74, 6) is 0.137. The van der Waals surface area contributed by atoms with Crippen molar-refractivity contribution in [3.8, 4) is 16.9 Å². The van der Waals surface area contributed by atoms with Gasteiger partial charge in [0.2, 0.25) is 11.4 Å². The van der Waals surface area contributed by atoms with Crippen molar-refractivity contribution in [1.29, 1.82) is 0 Å². The number of aryl methyl sites for hydroxylation is 2. The van der Waals surface area contributed by atoms with Gasteiger partial charge in [-0.2, -0.15) is 4.57 Å². The second kappa shape index (κ2) is 13.9. The summed E-state index contributed by atoms with van der Waals surface area (Å²) in [7, 11) is -8.77. The standard InChI is InChI=1S/C34H33ClN2O7S4/c1-3-23(18-34-37(13-7-15-48(41,42)43)29-20-27(35)22(2)16-32(29)46-34)17-33-36(12-6-14-47(38,39)40)28-19-24(10-11-30(28)44-33)26-21-45-31-9-5-4-8-25(26)31/h4-5,8-11,16-21H,3,6-7,12-15H2,1-2H3,(H-,38,39,40,41,42,43)/p-1. The number of hydrogen-bond donors (Lipinski definition) is 0. The first kappa shape index (κ1) is 34.6. The lowest BCUT2D eigenvalue weighted by Gasteiger charge is -2.19. The minimum atomic E-state index is -4.40. The molecule has 2 aromatic heterocycles. The number of rotatable bonds is 12. The van der Waals surface area contributed by atoms with E-state index >= 15 is 0 Å². The molecule has 3 heterocycles. The van der Waals surface area contributed by atoms with E-state index < -0.39 is 31.7 Å². The third-order valence-corrected chi connectivity index (χ3v) is 12.2. The van der Waals surface area contributed by atoms with Gasteiger partial charge in [-0.25, -0.2) is 16.8 Å². The molecule has 0 unspecified atom stereocenters. The molecule has 9 nitrogen and oxygen atoms in total. The molecule has 0 saturated heterocycles. The Morgan fingerprint density at radius 2 is 1.75 bits per heavy atom. The maximum atomic E-state index is 11.5. The zero-order chi connectivity index (χ0) is 34.2. The summed E-state index contributed by atoms with van der Waals surface area (Å²) in [5.41, 5.74) is 5.49. The molecule has 0 radical (unpaired) electrons. The lowest BCUT2D eigenvalue weighted by Crippen LogP contribution is -2.36. The molecule has 0 aliphatic carbocycles. The van der Waals surface area contributed by atoms with Gasteiger partial charge < -0.3 is 18.7 Å². The number of fused-ring (bicyclic) bond motifs is 3. The van der Waals surface area contributed by atoms with E-state index in [0.717, 1.165) is 48.6 Å². The molecule has 48 heavy (non-hydrogen) atoms. The minimum Gasteiger partial charge on any atom is -0.748 e. The molecule has 0 amide bonds. The van der Waals surface area contributed by atoms with Gasteiger partial charge in [0.05, 0.1) is 30.9 Å².